The molecular weight excluding hydrogens is 343 g/mol. The SMILES string of the molecule is CC(=O)Nc1ccc(S(=O)(=O)N2CCC[C@@H]2c2cccc(F)c2)cc1. The van der Waals surface area contributed by atoms with Crippen LogP contribution in [0.1, 0.15) is 31.4 Å². The number of hydrogen-bond acceptors (Lipinski definition) is 3. The maximum atomic E-state index is 13.5. The number of nitrogens with one attached hydrogen (secondary N) is 1. The third kappa shape index (κ3) is 3.72. The van der Waals surface area contributed by atoms with Gasteiger partial charge < -0.3 is 5.32 Å². The van der Waals surface area contributed by atoms with Crippen molar-refractivity contribution in [3.63, 3.8) is 0 Å². The fourth-order valence-electron chi connectivity index (χ4n) is 3.12. The maximum Gasteiger partial charge on any atom is 0.243 e. The highest BCUT2D eigenvalue weighted by molar-refractivity contribution is 7.89. The number of amides is 1. The van der Waals surface area contributed by atoms with Gasteiger partial charge in [-0.05, 0) is 54.8 Å². The molecule has 1 aliphatic heterocycles. The summed E-state index contributed by atoms with van der Waals surface area (Å²) in [4.78, 5) is 11.2. The van der Waals surface area contributed by atoms with Crippen LogP contribution in [0, 0.1) is 5.82 Å². The molecule has 2 aromatic rings. The first kappa shape index (κ1) is 17.6. The molecule has 1 aliphatic rings. The summed E-state index contributed by atoms with van der Waals surface area (Å²) in [6, 6.07) is 11.8. The predicted molar refractivity (Wildman–Crippen MR) is 93.0 cm³/mol. The Hall–Kier alpha value is -2.25. The smallest absolute Gasteiger partial charge is 0.243 e. The van der Waals surface area contributed by atoms with Gasteiger partial charge >= 0.3 is 0 Å². The van der Waals surface area contributed by atoms with E-state index in [0.717, 1.165) is 6.42 Å². The van der Waals surface area contributed by atoms with E-state index in [1.54, 1.807) is 24.3 Å². The molecule has 0 bridgehead atoms. The Balaban J connectivity index is 1.89. The summed E-state index contributed by atoms with van der Waals surface area (Å²) in [6.07, 6.45) is 1.39. The van der Waals surface area contributed by atoms with E-state index in [1.807, 2.05) is 0 Å². The molecule has 1 fully saturated rings. The van der Waals surface area contributed by atoms with Crippen molar-refractivity contribution in [3.05, 3.63) is 59.9 Å². The van der Waals surface area contributed by atoms with E-state index in [1.165, 1.54) is 35.5 Å². The lowest BCUT2D eigenvalue weighted by molar-refractivity contribution is -0.114. The number of anilines is 1. The van der Waals surface area contributed by atoms with Crippen molar-refractivity contribution in [1.82, 2.24) is 4.31 Å². The molecule has 5 nitrogen and oxygen atoms in total. The molecule has 1 saturated heterocycles. The largest absolute Gasteiger partial charge is 0.326 e. The molecule has 0 spiro atoms. The molecule has 2 aromatic carbocycles. The zero-order valence-electron chi connectivity index (χ0n) is 13.8. The van der Waals surface area contributed by atoms with Crippen molar-refractivity contribution < 1.29 is 17.6 Å². The van der Waals surface area contributed by atoms with Crippen LogP contribution in [0.5, 0.6) is 0 Å². The van der Waals surface area contributed by atoms with E-state index < -0.39 is 10.0 Å². The van der Waals surface area contributed by atoms with E-state index >= 15 is 0 Å². The van der Waals surface area contributed by atoms with Crippen molar-refractivity contribution in [2.45, 2.75) is 30.7 Å². The average molecular weight is 362 g/mol. The van der Waals surface area contributed by atoms with Gasteiger partial charge in [0.25, 0.3) is 0 Å². The number of sulfonamides is 1. The summed E-state index contributed by atoms with van der Waals surface area (Å²) < 4.78 is 40.9. The Morgan fingerprint density at radius 1 is 1.20 bits per heavy atom. The van der Waals surface area contributed by atoms with Gasteiger partial charge in [-0.3, -0.25) is 4.79 Å². The van der Waals surface area contributed by atoms with Gasteiger partial charge in [0, 0.05) is 19.2 Å². The number of carbonyl (C=O) groups is 1. The fraction of sp³-hybridized carbons (Fsp3) is 0.278. The summed E-state index contributed by atoms with van der Waals surface area (Å²) >= 11 is 0. The van der Waals surface area contributed by atoms with Crippen LogP contribution in [-0.2, 0) is 14.8 Å². The zero-order chi connectivity index (χ0) is 18.0. The highest BCUT2D eigenvalue weighted by Gasteiger charge is 2.36. The number of benzene rings is 2. The van der Waals surface area contributed by atoms with Gasteiger partial charge in [0.2, 0.25) is 15.9 Å². The predicted octanol–water partition coefficient (Wildman–Crippen LogP) is 3.31. The van der Waals surface area contributed by atoms with Gasteiger partial charge in [-0.1, -0.05) is 12.1 Å². The Morgan fingerprint density at radius 2 is 1.92 bits per heavy atom. The summed E-state index contributed by atoms with van der Waals surface area (Å²) in [5, 5.41) is 2.60. The highest BCUT2D eigenvalue weighted by Crippen LogP contribution is 2.36. The molecule has 1 N–H and O–H groups in total. The molecule has 1 atom stereocenters. The van der Waals surface area contributed by atoms with Gasteiger partial charge in [-0.15, -0.1) is 0 Å². The van der Waals surface area contributed by atoms with Gasteiger partial charge in [-0.25, -0.2) is 12.8 Å². The summed E-state index contributed by atoms with van der Waals surface area (Å²) in [6.45, 7) is 1.79. The summed E-state index contributed by atoms with van der Waals surface area (Å²) in [7, 11) is -3.70. The number of hydrogen-bond donors (Lipinski definition) is 1. The highest BCUT2D eigenvalue weighted by atomic mass is 32.2. The lowest BCUT2D eigenvalue weighted by Gasteiger charge is -2.24. The Kier molecular flexibility index (Phi) is 4.87. The zero-order valence-corrected chi connectivity index (χ0v) is 14.6. The van der Waals surface area contributed by atoms with Crippen molar-refractivity contribution in [2.75, 3.05) is 11.9 Å². The summed E-state index contributed by atoms with van der Waals surface area (Å²) in [5.41, 5.74) is 1.20. The molecule has 7 heteroatoms. The van der Waals surface area contributed by atoms with Crippen LogP contribution in [0.2, 0.25) is 0 Å². The molecule has 0 aliphatic carbocycles. The fourth-order valence-corrected chi connectivity index (χ4v) is 4.81. The van der Waals surface area contributed by atoms with Crippen LogP contribution in [0.25, 0.3) is 0 Å². The van der Waals surface area contributed by atoms with Crippen LogP contribution < -0.4 is 5.32 Å². The first-order valence-electron chi connectivity index (χ1n) is 8.03. The van der Waals surface area contributed by atoms with Crippen LogP contribution in [0.3, 0.4) is 0 Å². The topological polar surface area (TPSA) is 66.5 Å². The lowest BCUT2D eigenvalue weighted by atomic mass is 10.1. The molecule has 0 aromatic heterocycles. The molecule has 25 heavy (non-hydrogen) atoms. The minimum absolute atomic E-state index is 0.157. The second kappa shape index (κ2) is 6.93. The Morgan fingerprint density at radius 3 is 2.56 bits per heavy atom. The second-order valence-electron chi connectivity index (χ2n) is 6.03. The molecule has 1 heterocycles. The Labute approximate surface area is 146 Å². The second-order valence-corrected chi connectivity index (χ2v) is 7.92. The minimum atomic E-state index is -3.70. The normalized spacial score (nSPS) is 18.2. The quantitative estimate of drug-likeness (QED) is 0.907. The van der Waals surface area contributed by atoms with E-state index in [2.05, 4.69) is 5.32 Å². The third-order valence-electron chi connectivity index (χ3n) is 4.22. The average Bonchev–Trinajstić information content (AvgIpc) is 3.05. The van der Waals surface area contributed by atoms with E-state index in [-0.39, 0.29) is 22.7 Å². The number of rotatable bonds is 4. The van der Waals surface area contributed by atoms with Gasteiger partial charge in [0.05, 0.1) is 10.9 Å². The van der Waals surface area contributed by atoms with E-state index in [9.17, 15) is 17.6 Å². The summed E-state index contributed by atoms with van der Waals surface area (Å²) in [5.74, 6) is -0.595. The molecule has 0 unspecified atom stereocenters. The standard InChI is InChI=1S/C18H19FN2O3S/c1-13(22)20-16-7-9-17(10-8-16)25(23,24)21-11-3-6-18(21)14-4-2-5-15(19)12-14/h2,4-5,7-10,12,18H,3,6,11H2,1H3,(H,20,22)/t18-/m1/s1. The van der Waals surface area contributed by atoms with Crippen LogP contribution in [0.4, 0.5) is 10.1 Å². The van der Waals surface area contributed by atoms with Crippen molar-refractivity contribution in [1.29, 1.82) is 0 Å². The first-order chi connectivity index (χ1) is 11.9. The molecule has 0 saturated carbocycles. The van der Waals surface area contributed by atoms with E-state index in [0.29, 0.717) is 24.2 Å². The lowest BCUT2D eigenvalue weighted by Crippen LogP contribution is -2.30. The Bertz CT molecular complexity index is 881. The molecule has 1 amide bonds. The van der Waals surface area contributed by atoms with Gasteiger partial charge in [0.1, 0.15) is 5.82 Å². The third-order valence-corrected chi connectivity index (χ3v) is 6.14. The molecular formula is C18H19FN2O3S. The van der Waals surface area contributed by atoms with E-state index in [4.69, 9.17) is 0 Å². The maximum absolute atomic E-state index is 13.5. The van der Waals surface area contributed by atoms with Crippen molar-refractivity contribution >= 4 is 21.6 Å². The monoisotopic (exact) mass is 362 g/mol. The van der Waals surface area contributed by atoms with Gasteiger partial charge in [-0.2, -0.15) is 4.31 Å². The number of carbonyl (C=O) groups excluding carboxylic acids is 1. The van der Waals surface area contributed by atoms with Crippen LogP contribution in [-0.4, -0.2) is 25.2 Å². The first-order valence-corrected chi connectivity index (χ1v) is 9.47. The van der Waals surface area contributed by atoms with Gasteiger partial charge in [0.15, 0.2) is 0 Å². The van der Waals surface area contributed by atoms with Crippen LogP contribution in [0.15, 0.2) is 53.4 Å². The van der Waals surface area contributed by atoms with Crippen molar-refractivity contribution in [2.24, 2.45) is 0 Å². The van der Waals surface area contributed by atoms with Crippen LogP contribution >= 0.6 is 0 Å². The molecule has 3 rings (SSSR count). The molecule has 0 radical (unpaired) electrons. The minimum Gasteiger partial charge on any atom is -0.326 e. The molecule has 132 valence electrons. The number of halogens is 1. The number of nitrogens with zero attached hydrogens (tertiary/aromatic N) is 1. The van der Waals surface area contributed by atoms with Crippen molar-refractivity contribution in [3.8, 4) is 0 Å².